The Kier molecular flexibility index (Phi) is 6.63. The molecule has 0 fully saturated rings. The largest absolute Gasteiger partial charge is 0.247 e. The Morgan fingerprint density at radius 2 is 0.607 bits per heavy atom. The quantitative estimate of drug-likeness (QED) is 0.135. The van der Waals surface area contributed by atoms with Gasteiger partial charge in [0.05, 0.1) is 33.6 Å². The number of pyridine rings is 3. The number of aromatic nitrogens is 3. The van der Waals surface area contributed by atoms with Crippen molar-refractivity contribution in [1.82, 2.24) is 15.0 Å². The first-order valence-corrected chi connectivity index (χ1v) is 19.1. The molecule has 12 rings (SSSR count). The van der Waals surface area contributed by atoms with Crippen LogP contribution in [-0.2, 0) is 0 Å². The van der Waals surface area contributed by atoms with Crippen molar-refractivity contribution in [2.75, 3.05) is 0 Å². The second-order valence-electron chi connectivity index (χ2n) is 14.8. The van der Waals surface area contributed by atoms with Crippen molar-refractivity contribution in [3.8, 4) is 33.8 Å². The summed E-state index contributed by atoms with van der Waals surface area (Å²) >= 11 is 0. The number of fused-ring (bicyclic) bond motifs is 11. The molecule has 0 aliphatic rings. The minimum atomic E-state index is 0.883. The highest BCUT2D eigenvalue weighted by Crippen LogP contribution is 2.46. The fourth-order valence-electron chi connectivity index (χ4n) is 8.83. The summed E-state index contributed by atoms with van der Waals surface area (Å²) in [5, 5.41) is 14.9. The SMILES string of the molecule is c1ccc2cc3c(-c4ccc5ccc6ccccc6c5n4)c(-c4ccc5ccc6ccccc6c5n4)c(-c4ccc5ccc6ccccc6c5n4)cc3cc2c1. The predicted molar refractivity (Wildman–Crippen MR) is 236 cm³/mol. The van der Waals surface area contributed by atoms with Crippen LogP contribution in [0.4, 0.5) is 0 Å². The summed E-state index contributed by atoms with van der Waals surface area (Å²) in [5.74, 6) is 0. The Hall–Kier alpha value is -7.49. The molecule has 3 heteroatoms. The summed E-state index contributed by atoms with van der Waals surface area (Å²) in [6, 6.07) is 67.4. The Bertz CT molecular complexity index is 3600. The topological polar surface area (TPSA) is 38.7 Å². The van der Waals surface area contributed by atoms with Crippen LogP contribution >= 0.6 is 0 Å². The number of hydrogen-bond acceptors (Lipinski definition) is 3. The third kappa shape index (κ3) is 4.74. The molecule has 56 heavy (non-hydrogen) atoms. The van der Waals surface area contributed by atoms with E-state index in [4.69, 9.17) is 15.0 Å². The van der Waals surface area contributed by atoms with Gasteiger partial charge in [-0.15, -0.1) is 0 Å². The van der Waals surface area contributed by atoms with Crippen molar-refractivity contribution >= 4 is 86.6 Å². The van der Waals surface area contributed by atoms with Gasteiger partial charge in [-0.3, -0.25) is 0 Å². The lowest BCUT2D eigenvalue weighted by Gasteiger charge is -2.20. The molecule has 0 atom stereocenters. The van der Waals surface area contributed by atoms with Crippen LogP contribution in [0.1, 0.15) is 0 Å². The highest BCUT2D eigenvalue weighted by atomic mass is 14.7. The van der Waals surface area contributed by atoms with E-state index in [1.807, 2.05) is 0 Å². The second kappa shape index (κ2) is 12.0. The van der Waals surface area contributed by atoms with Crippen molar-refractivity contribution in [1.29, 1.82) is 0 Å². The van der Waals surface area contributed by atoms with Crippen LogP contribution in [-0.4, -0.2) is 15.0 Å². The summed E-state index contributed by atoms with van der Waals surface area (Å²) < 4.78 is 0. The van der Waals surface area contributed by atoms with Gasteiger partial charge < -0.3 is 0 Å². The van der Waals surface area contributed by atoms with Crippen LogP contribution in [0.15, 0.2) is 188 Å². The van der Waals surface area contributed by atoms with E-state index in [0.717, 1.165) is 93.4 Å². The van der Waals surface area contributed by atoms with Crippen LogP contribution in [0.25, 0.3) is 120 Å². The lowest BCUT2D eigenvalue weighted by Crippen LogP contribution is -1.99. The van der Waals surface area contributed by atoms with Crippen molar-refractivity contribution in [3.63, 3.8) is 0 Å². The molecule has 12 aromatic rings. The minimum Gasteiger partial charge on any atom is -0.247 e. The van der Waals surface area contributed by atoms with E-state index >= 15 is 0 Å². The summed E-state index contributed by atoms with van der Waals surface area (Å²) in [7, 11) is 0. The summed E-state index contributed by atoms with van der Waals surface area (Å²) in [6.45, 7) is 0. The van der Waals surface area contributed by atoms with Crippen LogP contribution < -0.4 is 0 Å². The molecule has 0 saturated carbocycles. The van der Waals surface area contributed by atoms with E-state index in [9.17, 15) is 0 Å². The lowest BCUT2D eigenvalue weighted by atomic mass is 9.86. The normalized spacial score (nSPS) is 11.9. The van der Waals surface area contributed by atoms with Gasteiger partial charge in [0.25, 0.3) is 0 Å². The van der Waals surface area contributed by atoms with Crippen LogP contribution in [0.5, 0.6) is 0 Å². The fraction of sp³-hybridized carbons (Fsp3) is 0. The van der Waals surface area contributed by atoms with Gasteiger partial charge in [-0.25, -0.2) is 15.0 Å². The summed E-state index contributed by atoms with van der Waals surface area (Å²) in [6.07, 6.45) is 0. The molecule has 0 amide bonds. The molecule has 9 aromatic carbocycles. The molecular weight excluding hydrogens is 679 g/mol. The lowest BCUT2D eigenvalue weighted by molar-refractivity contribution is 1.37. The van der Waals surface area contributed by atoms with Gasteiger partial charge in [0.15, 0.2) is 0 Å². The first-order valence-electron chi connectivity index (χ1n) is 19.1. The van der Waals surface area contributed by atoms with E-state index in [0.29, 0.717) is 0 Å². The van der Waals surface area contributed by atoms with E-state index in [-0.39, 0.29) is 0 Å². The van der Waals surface area contributed by atoms with Crippen molar-refractivity contribution < 1.29 is 0 Å². The maximum absolute atomic E-state index is 5.58. The molecule has 3 nitrogen and oxygen atoms in total. The standard InChI is InChI=1S/C53H31N3/c1-2-13-39-30-44-40(29-38(39)12-1)31-45(46-26-23-35-20-17-32-9-3-6-14-41(32)51(35)54-46)50(48-28-25-37-22-19-34-11-5-8-16-43(34)53(37)56-48)49(44)47-27-24-36-21-18-33-10-4-7-15-42(33)52(36)55-47/h1-31H. The molecule has 0 aliphatic carbocycles. The van der Waals surface area contributed by atoms with Gasteiger partial charge in [-0.05, 0) is 74.1 Å². The zero-order valence-corrected chi connectivity index (χ0v) is 30.2. The maximum Gasteiger partial charge on any atom is 0.0787 e. The molecule has 3 heterocycles. The highest BCUT2D eigenvalue weighted by molar-refractivity contribution is 6.15. The predicted octanol–water partition coefficient (Wildman–Crippen LogP) is 14.1. The van der Waals surface area contributed by atoms with Gasteiger partial charge in [0.1, 0.15) is 0 Å². The second-order valence-corrected chi connectivity index (χ2v) is 14.8. The number of rotatable bonds is 3. The first-order chi connectivity index (χ1) is 27.7. The van der Waals surface area contributed by atoms with E-state index in [2.05, 4.69) is 188 Å². The summed E-state index contributed by atoms with van der Waals surface area (Å²) in [5.41, 5.74) is 8.71. The van der Waals surface area contributed by atoms with Crippen LogP contribution in [0, 0.1) is 0 Å². The number of hydrogen-bond donors (Lipinski definition) is 0. The molecule has 0 unspecified atom stereocenters. The summed E-state index contributed by atoms with van der Waals surface area (Å²) in [4.78, 5) is 16.7. The minimum absolute atomic E-state index is 0.883. The maximum atomic E-state index is 5.58. The highest BCUT2D eigenvalue weighted by Gasteiger charge is 2.23. The molecular formula is C53H31N3. The number of nitrogens with zero attached hydrogens (tertiary/aromatic N) is 3. The van der Waals surface area contributed by atoms with E-state index in [1.54, 1.807) is 0 Å². The molecule has 0 saturated heterocycles. The molecule has 3 aromatic heterocycles. The van der Waals surface area contributed by atoms with Gasteiger partial charge >= 0.3 is 0 Å². The molecule has 0 radical (unpaired) electrons. The smallest absolute Gasteiger partial charge is 0.0787 e. The molecule has 258 valence electrons. The third-order valence-electron chi connectivity index (χ3n) is 11.5. The number of benzene rings is 9. The molecule has 0 spiro atoms. The fourth-order valence-corrected chi connectivity index (χ4v) is 8.83. The molecule has 0 N–H and O–H groups in total. The average Bonchev–Trinajstić information content (AvgIpc) is 3.27. The average molecular weight is 710 g/mol. The van der Waals surface area contributed by atoms with Crippen LogP contribution in [0.2, 0.25) is 0 Å². The Morgan fingerprint density at radius 1 is 0.232 bits per heavy atom. The van der Waals surface area contributed by atoms with E-state index < -0.39 is 0 Å². The zero-order chi connectivity index (χ0) is 36.7. The monoisotopic (exact) mass is 709 g/mol. The Morgan fingerprint density at radius 3 is 1.12 bits per heavy atom. The van der Waals surface area contributed by atoms with Crippen molar-refractivity contribution in [2.45, 2.75) is 0 Å². The van der Waals surface area contributed by atoms with Gasteiger partial charge in [-0.1, -0.05) is 152 Å². The van der Waals surface area contributed by atoms with Crippen LogP contribution in [0.3, 0.4) is 0 Å². The Labute approximate surface area is 322 Å². The third-order valence-corrected chi connectivity index (χ3v) is 11.5. The van der Waals surface area contributed by atoms with E-state index in [1.165, 1.54) is 26.9 Å². The van der Waals surface area contributed by atoms with Crippen molar-refractivity contribution in [2.24, 2.45) is 0 Å². The van der Waals surface area contributed by atoms with Gasteiger partial charge in [0.2, 0.25) is 0 Å². The molecule has 0 aliphatic heterocycles. The first kappa shape index (κ1) is 30.9. The zero-order valence-electron chi connectivity index (χ0n) is 30.2. The van der Waals surface area contributed by atoms with Gasteiger partial charge in [0, 0.05) is 49.0 Å². The van der Waals surface area contributed by atoms with Crippen molar-refractivity contribution in [3.05, 3.63) is 188 Å². The van der Waals surface area contributed by atoms with Gasteiger partial charge in [-0.2, -0.15) is 0 Å². The Balaban J connectivity index is 1.26. The molecule has 0 bridgehead atoms.